The summed E-state index contributed by atoms with van der Waals surface area (Å²) in [5.41, 5.74) is 1.55. The first kappa shape index (κ1) is 16.8. The van der Waals surface area contributed by atoms with E-state index in [1.807, 2.05) is 28.8 Å². The highest BCUT2D eigenvalue weighted by molar-refractivity contribution is 6.34. The molecular weight excluding hydrogens is 346 g/mol. The minimum absolute atomic E-state index is 0.0566. The summed E-state index contributed by atoms with van der Waals surface area (Å²) in [6, 6.07) is 8.20. The average Bonchev–Trinajstić information content (AvgIpc) is 2.98. The number of fused-ring (bicyclic) bond motifs is 1. The molecule has 0 radical (unpaired) electrons. The van der Waals surface area contributed by atoms with Gasteiger partial charge in [-0.25, -0.2) is 9.78 Å². The SMILES string of the molecule is COc1cc(NC(=O)Cc2cn3ccccc3n2)c(Cl)cc1C(=O)O. The van der Waals surface area contributed by atoms with Crippen LogP contribution < -0.4 is 10.1 Å². The number of amides is 1. The lowest BCUT2D eigenvalue weighted by Crippen LogP contribution is -2.15. The monoisotopic (exact) mass is 359 g/mol. The van der Waals surface area contributed by atoms with Crippen LogP contribution in [0.4, 0.5) is 5.69 Å². The van der Waals surface area contributed by atoms with Gasteiger partial charge in [0.25, 0.3) is 0 Å². The summed E-state index contributed by atoms with van der Waals surface area (Å²) >= 11 is 6.06. The van der Waals surface area contributed by atoms with Crippen LogP contribution >= 0.6 is 11.6 Å². The van der Waals surface area contributed by atoms with Crippen molar-refractivity contribution in [1.29, 1.82) is 0 Å². The van der Waals surface area contributed by atoms with Crippen molar-refractivity contribution in [2.75, 3.05) is 12.4 Å². The summed E-state index contributed by atoms with van der Waals surface area (Å²) in [5.74, 6) is -1.38. The number of carboxylic acid groups (broad SMARTS) is 1. The number of aromatic carboxylic acids is 1. The summed E-state index contributed by atoms with van der Waals surface area (Å²) < 4.78 is 6.86. The molecule has 0 unspecified atom stereocenters. The number of halogens is 1. The first-order chi connectivity index (χ1) is 12.0. The van der Waals surface area contributed by atoms with Crippen molar-refractivity contribution in [3.8, 4) is 5.75 Å². The van der Waals surface area contributed by atoms with Crippen LogP contribution in [-0.4, -0.2) is 33.5 Å². The molecular formula is C17H14ClN3O4. The van der Waals surface area contributed by atoms with E-state index in [0.29, 0.717) is 5.69 Å². The zero-order valence-electron chi connectivity index (χ0n) is 13.2. The maximum Gasteiger partial charge on any atom is 0.339 e. The molecule has 0 atom stereocenters. The summed E-state index contributed by atoms with van der Waals surface area (Å²) in [6.45, 7) is 0. The molecule has 0 fully saturated rings. The molecule has 2 N–H and O–H groups in total. The third-order valence-corrected chi connectivity index (χ3v) is 3.86. The Labute approximate surface area is 147 Å². The zero-order chi connectivity index (χ0) is 18.0. The number of pyridine rings is 1. The number of nitrogens with zero attached hydrogens (tertiary/aromatic N) is 2. The molecule has 0 saturated heterocycles. The van der Waals surface area contributed by atoms with E-state index in [4.69, 9.17) is 21.4 Å². The fourth-order valence-electron chi connectivity index (χ4n) is 2.42. The number of rotatable bonds is 5. The second-order valence-corrected chi connectivity index (χ2v) is 5.67. The second-order valence-electron chi connectivity index (χ2n) is 5.26. The highest BCUT2D eigenvalue weighted by Gasteiger charge is 2.17. The molecule has 7 nitrogen and oxygen atoms in total. The van der Waals surface area contributed by atoms with Crippen molar-refractivity contribution < 1.29 is 19.4 Å². The van der Waals surface area contributed by atoms with Crippen LogP contribution in [0.1, 0.15) is 16.1 Å². The van der Waals surface area contributed by atoms with Crippen LogP contribution in [0.3, 0.4) is 0 Å². The van der Waals surface area contributed by atoms with E-state index in [0.717, 1.165) is 5.65 Å². The molecule has 3 rings (SSSR count). The number of aromatic nitrogens is 2. The zero-order valence-corrected chi connectivity index (χ0v) is 13.9. The van der Waals surface area contributed by atoms with Crippen LogP contribution in [-0.2, 0) is 11.2 Å². The quantitative estimate of drug-likeness (QED) is 0.730. The molecule has 1 aromatic carbocycles. The number of anilines is 1. The van der Waals surface area contributed by atoms with Gasteiger partial charge in [0.1, 0.15) is 17.0 Å². The fourth-order valence-corrected chi connectivity index (χ4v) is 2.63. The Morgan fingerprint density at radius 1 is 1.36 bits per heavy atom. The topological polar surface area (TPSA) is 92.9 Å². The lowest BCUT2D eigenvalue weighted by molar-refractivity contribution is -0.115. The number of carbonyl (C=O) groups is 2. The van der Waals surface area contributed by atoms with Crippen LogP contribution in [0.5, 0.6) is 5.75 Å². The van der Waals surface area contributed by atoms with Crippen molar-refractivity contribution in [3.63, 3.8) is 0 Å². The number of nitrogens with one attached hydrogen (secondary N) is 1. The molecule has 0 saturated carbocycles. The smallest absolute Gasteiger partial charge is 0.339 e. The minimum Gasteiger partial charge on any atom is -0.496 e. The third kappa shape index (κ3) is 3.56. The predicted molar refractivity (Wildman–Crippen MR) is 92.5 cm³/mol. The lowest BCUT2D eigenvalue weighted by Gasteiger charge is -2.11. The Bertz CT molecular complexity index is 935. The van der Waals surface area contributed by atoms with Crippen molar-refractivity contribution in [2.24, 2.45) is 0 Å². The van der Waals surface area contributed by atoms with Gasteiger partial charge in [-0.1, -0.05) is 17.7 Å². The van der Waals surface area contributed by atoms with Gasteiger partial charge < -0.3 is 19.6 Å². The summed E-state index contributed by atoms with van der Waals surface area (Å²) in [6.07, 6.45) is 3.67. The Balaban J connectivity index is 1.79. The van der Waals surface area contributed by atoms with Gasteiger partial charge in [-0.2, -0.15) is 0 Å². The maximum atomic E-state index is 12.3. The number of ether oxygens (including phenoxy) is 1. The maximum absolute atomic E-state index is 12.3. The Morgan fingerprint density at radius 3 is 2.84 bits per heavy atom. The van der Waals surface area contributed by atoms with Crippen molar-refractivity contribution >= 4 is 34.8 Å². The molecule has 0 aliphatic carbocycles. The van der Waals surface area contributed by atoms with E-state index < -0.39 is 5.97 Å². The Hall–Kier alpha value is -3.06. The largest absolute Gasteiger partial charge is 0.496 e. The predicted octanol–water partition coefficient (Wildman–Crippen LogP) is 2.88. The van der Waals surface area contributed by atoms with Gasteiger partial charge in [-0.3, -0.25) is 4.79 Å². The standard InChI is InChI=1S/C17H14ClN3O4/c1-25-14-8-13(12(18)7-11(14)17(23)24)20-16(22)6-10-9-21-5-3-2-4-15(21)19-10/h2-5,7-9H,6H2,1H3,(H,20,22)(H,23,24). The third-order valence-electron chi connectivity index (χ3n) is 3.55. The first-order valence-electron chi connectivity index (χ1n) is 7.31. The van der Waals surface area contributed by atoms with Crippen LogP contribution in [0.15, 0.2) is 42.7 Å². The molecule has 2 aromatic heterocycles. The Morgan fingerprint density at radius 2 is 2.16 bits per heavy atom. The molecule has 3 aromatic rings. The van der Waals surface area contributed by atoms with Crippen molar-refractivity contribution in [2.45, 2.75) is 6.42 Å². The molecule has 0 aliphatic rings. The molecule has 0 bridgehead atoms. The molecule has 2 heterocycles. The van der Waals surface area contributed by atoms with Gasteiger partial charge in [-0.05, 0) is 18.2 Å². The van der Waals surface area contributed by atoms with E-state index in [9.17, 15) is 9.59 Å². The number of imidazole rings is 1. The number of carbonyl (C=O) groups excluding carboxylic acids is 1. The van der Waals surface area contributed by atoms with Gasteiger partial charge in [-0.15, -0.1) is 0 Å². The summed E-state index contributed by atoms with van der Waals surface area (Å²) in [5, 5.41) is 11.9. The number of hydrogen-bond donors (Lipinski definition) is 2. The van der Waals surface area contributed by atoms with E-state index in [1.165, 1.54) is 19.2 Å². The molecule has 0 aliphatic heterocycles. The van der Waals surface area contributed by atoms with Crippen LogP contribution in [0.25, 0.3) is 5.65 Å². The van der Waals surface area contributed by atoms with Gasteiger partial charge in [0, 0.05) is 18.5 Å². The van der Waals surface area contributed by atoms with E-state index >= 15 is 0 Å². The summed E-state index contributed by atoms with van der Waals surface area (Å²) in [7, 11) is 1.35. The average molecular weight is 360 g/mol. The van der Waals surface area contributed by atoms with Crippen molar-refractivity contribution in [1.82, 2.24) is 9.38 Å². The normalized spacial score (nSPS) is 10.6. The van der Waals surface area contributed by atoms with E-state index in [1.54, 1.807) is 6.20 Å². The number of benzene rings is 1. The van der Waals surface area contributed by atoms with Crippen LogP contribution in [0.2, 0.25) is 5.02 Å². The Kier molecular flexibility index (Phi) is 4.58. The van der Waals surface area contributed by atoms with Gasteiger partial charge in [0.2, 0.25) is 5.91 Å². The molecule has 25 heavy (non-hydrogen) atoms. The van der Waals surface area contributed by atoms with E-state index in [2.05, 4.69) is 10.3 Å². The summed E-state index contributed by atoms with van der Waals surface area (Å²) in [4.78, 5) is 27.8. The number of methoxy groups -OCH3 is 1. The number of hydrogen-bond acceptors (Lipinski definition) is 4. The molecule has 128 valence electrons. The minimum atomic E-state index is -1.17. The van der Waals surface area contributed by atoms with Gasteiger partial charge >= 0.3 is 5.97 Å². The first-order valence-corrected chi connectivity index (χ1v) is 7.69. The fraction of sp³-hybridized carbons (Fsp3) is 0.118. The van der Waals surface area contributed by atoms with Gasteiger partial charge in [0.05, 0.1) is 29.9 Å². The van der Waals surface area contributed by atoms with E-state index in [-0.39, 0.29) is 34.4 Å². The highest BCUT2D eigenvalue weighted by Crippen LogP contribution is 2.31. The number of carboxylic acids is 1. The highest BCUT2D eigenvalue weighted by atomic mass is 35.5. The van der Waals surface area contributed by atoms with Crippen molar-refractivity contribution in [3.05, 3.63) is 59.0 Å². The lowest BCUT2D eigenvalue weighted by atomic mass is 10.1. The molecule has 8 heteroatoms. The van der Waals surface area contributed by atoms with Gasteiger partial charge in [0.15, 0.2) is 0 Å². The van der Waals surface area contributed by atoms with Crippen LogP contribution in [0, 0.1) is 0 Å². The second kappa shape index (κ2) is 6.82. The molecule has 0 spiro atoms. The molecule has 1 amide bonds.